The summed E-state index contributed by atoms with van der Waals surface area (Å²) in [5.74, 6) is 0. The van der Waals surface area contributed by atoms with Crippen LogP contribution in [0.2, 0.25) is 0 Å². The van der Waals surface area contributed by atoms with E-state index in [2.05, 4.69) is 26.0 Å². The molecule has 20 heavy (non-hydrogen) atoms. The summed E-state index contributed by atoms with van der Waals surface area (Å²) in [6, 6.07) is 0. The van der Waals surface area contributed by atoms with Crippen molar-refractivity contribution in [1.82, 2.24) is 9.97 Å². The van der Waals surface area contributed by atoms with Gasteiger partial charge in [-0.05, 0) is 12.8 Å². The molecule has 0 atom stereocenters. The minimum absolute atomic E-state index is 0.685. The third-order valence-electron chi connectivity index (χ3n) is 3.22. The first kappa shape index (κ1) is 13.8. The van der Waals surface area contributed by atoms with E-state index in [1.165, 1.54) is 12.8 Å². The number of aromatic nitrogens is 2. The summed E-state index contributed by atoms with van der Waals surface area (Å²) in [6.07, 6.45) is 2.55. The summed E-state index contributed by atoms with van der Waals surface area (Å²) in [5, 5.41) is 9.45. The zero-order chi connectivity index (χ0) is 13.8. The lowest BCUT2D eigenvalue weighted by Crippen LogP contribution is -2.17. The molecule has 2 aromatic heterocycles. The average molecular weight is 310 g/mol. The fourth-order valence-corrected chi connectivity index (χ4v) is 3.77. The maximum atomic E-state index is 5.01. The minimum atomic E-state index is 0.685. The molecule has 0 spiro atoms. The van der Waals surface area contributed by atoms with E-state index in [-0.39, 0.29) is 0 Å². The molecule has 0 saturated carbocycles. The molecule has 0 aliphatic carbocycles. The normalized spacial score (nSPS) is 14.9. The molecule has 0 amide bonds. The molecule has 3 heterocycles. The van der Waals surface area contributed by atoms with Gasteiger partial charge in [-0.1, -0.05) is 0 Å². The van der Waals surface area contributed by atoms with Gasteiger partial charge >= 0.3 is 0 Å². The van der Waals surface area contributed by atoms with Crippen molar-refractivity contribution < 1.29 is 4.74 Å². The lowest BCUT2D eigenvalue weighted by molar-refractivity contribution is 0.211. The lowest BCUT2D eigenvalue weighted by Gasteiger charge is -2.11. The molecule has 1 fully saturated rings. The number of hydrogen-bond donors (Lipinski definition) is 1. The number of rotatable bonds is 6. The third-order valence-corrected chi connectivity index (χ3v) is 4.92. The Morgan fingerprint density at radius 3 is 2.75 bits per heavy atom. The fraction of sp³-hybridized carbons (Fsp3) is 0.538. The summed E-state index contributed by atoms with van der Waals surface area (Å²) in [4.78, 5) is 11.6. The van der Waals surface area contributed by atoms with Crippen LogP contribution in [0.5, 0.6) is 0 Å². The van der Waals surface area contributed by atoms with Gasteiger partial charge in [0.1, 0.15) is 11.4 Å². The van der Waals surface area contributed by atoms with Gasteiger partial charge in [-0.15, -0.1) is 22.7 Å². The van der Waals surface area contributed by atoms with Crippen molar-refractivity contribution in [3.63, 3.8) is 0 Å². The Bertz CT molecular complexity index is 548. The molecule has 0 bridgehead atoms. The maximum Gasteiger partial charge on any atom is 0.185 e. The van der Waals surface area contributed by atoms with Crippen molar-refractivity contribution in [1.29, 1.82) is 0 Å². The Balaban J connectivity index is 1.66. The number of methoxy groups -OCH3 is 1. The van der Waals surface area contributed by atoms with E-state index in [1.807, 2.05) is 0 Å². The van der Waals surface area contributed by atoms with Gasteiger partial charge in [-0.2, -0.15) is 0 Å². The monoisotopic (exact) mass is 310 g/mol. The first-order valence-corrected chi connectivity index (χ1v) is 8.52. The molecule has 0 radical (unpaired) electrons. The van der Waals surface area contributed by atoms with Gasteiger partial charge in [-0.25, -0.2) is 9.97 Å². The van der Waals surface area contributed by atoms with E-state index in [0.29, 0.717) is 6.61 Å². The Morgan fingerprint density at radius 1 is 1.20 bits per heavy atom. The van der Waals surface area contributed by atoms with Crippen LogP contribution in [0.3, 0.4) is 0 Å². The minimum Gasteiger partial charge on any atom is -0.383 e. The van der Waals surface area contributed by atoms with E-state index in [0.717, 1.165) is 41.3 Å². The van der Waals surface area contributed by atoms with Gasteiger partial charge < -0.3 is 15.0 Å². The molecule has 7 heteroatoms. The number of ether oxygens (including phenoxy) is 1. The van der Waals surface area contributed by atoms with E-state index >= 15 is 0 Å². The smallest absolute Gasteiger partial charge is 0.185 e. The molecule has 3 rings (SSSR count). The van der Waals surface area contributed by atoms with Crippen molar-refractivity contribution in [2.45, 2.75) is 12.8 Å². The Kier molecular flexibility index (Phi) is 4.49. The maximum absolute atomic E-state index is 5.01. The van der Waals surface area contributed by atoms with Crippen LogP contribution in [-0.2, 0) is 4.74 Å². The van der Waals surface area contributed by atoms with E-state index in [1.54, 1.807) is 29.8 Å². The molecule has 2 aromatic rings. The standard InChI is InChI=1S/C13H18N4OS2/c1-18-7-4-14-12-15-10(8-19-12)11-9-20-13(16-11)17-5-2-3-6-17/h8-9H,2-7H2,1H3,(H,14,15). The third kappa shape index (κ3) is 3.11. The summed E-state index contributed by atoms with van der Waals surface area (Å²) in [6.45, 7) is 3.73. The first-order chi connectivity index (χ1) is 9.86. The zero-order valence-corrected chi connectivity index (χ0v) is 13.1. The molecular weight excluding hydrogens is 292 g/mol. The zero-order valence-electron chi connectivity index (χ0n) is 11.5. The molecule has 0 unspecified atom stereocenters. The number of anilines is 2. The van der Waals surface area contributed by atoms with Crippen LogP contribution in [0.4, 0.5) is 10.3 Å². The lowest BCUT2D eigenvalue weighted by atomic mass is 10.4. The molecule has 108 valence electrons. The molecule has 1 aliphatic heterocycles. The second kappa shape index (κ2) is 6.51. The van der Waals surface area contributed by atoms with Crippen molar-refractivity contribution >= 4 is 32.9 Å². The summed E-state index contributed by atoms with van der Waals surface area (Å²) < 4.78 is 5.01. The number of hydrogen-bond acceptors (Lipinski definition) is 7. The van der Waals surface area contributed by atoms with Crippen molar-refractivity contribution in [2.24, 2.45) is 0 Å². The van der Waals surface area contributed by atoms with Gasteiger partial charge in [0.2, 0.25) is 0 Å². The second-order valence-corrected chi connectivity index (χ2v) is 6.36. The SMILES string of the molecule is COCCNc1nc(-c2csc(N3CCCC3)n2)cs1. The van der Waals surface area contributed by atoms with Gasteiger partial charge in [0.25, 0.3) is 0 Å². The average Bonchev–Trinajstić information content (AvgIpc) is 3.19. The van der Waals surface area contributed by atoms with Crippen LogP contribution in [0.1, 0.15) is 12.8 Å². The molecule has 1 saturated heterocycles. The van der Waals surface area contributed by atoms with Crippen LogP contribution < -0.4 is 10.2 Å². The highest BCUT2D eigenvalue weighted by molar-refractivity contribution is 7.14. The summed E-state index contributed by atoms with van der Waals surface area (Å²) in [7, 11) is 1.70. The fourth-order valence-electron chi connectivity index (χ4n) is 2.17. The van der Waals surface area contributed by atoms with Gasteiger partial charge in [0.15, 0.2) is 10.3 Å². The summed E-state index contributed by atoms with van der Waals surface area (Å²) in [5.41, 5.74) is 1.93. The Morgan fingerprint density at radius 2 is 1.95 bits per heavy atom. The van der Waals surface area contributed by atoms with Crippen LogP contribution in [0.15, 0.2) is 10.8 Å². The molecule has 1 N–H and O–H groups in total. The largest absolute Gasteiger partial charge is 0.383 e. The summed E-state index contributed by atoms with van der Waals surface area (Å²) >= 11 is 3.32. The van der Waals surface area contributed by atoms with Gasteiger partial charge in [-0.3, -0.25) is 0 Å². The van der Waals surface area contributed by atoms with Crippen LogP contribution in [0, 0.1) is 0 Å². The van der Waals surface area contributed by atoms with E-state index < -0.39 is 0 Å². The van der Waals surface area contributed by atoms with Crippen LogP contribution >= 0.6 is 22.7 Å². The predicted molar refractivity (Wildman–Crippen MR) is 85.0 cm³/mol. The highest BCUT2D eigenvalue weighted by Crippen LogP contribution is 2.31. The number of nitrogens with one attached hydrogen (secondary N) is 1. The first-order valence-electron chi connectivity index (χ1n) is 6.76. The Labute approximate surface area is 126 Å². The topological polar surface area (TPSA) is 50.3 Å². The van der Waals surface area contributed by atoms with Crippen molar-refractivity contribution in [2.75, 3.05) is 43.6 Å². The quantitative estimate of drug-likeness (QED) is 0.831. The van der Waals surface area contributed by atoms with E-state index in [9.17, 15) is 0 Å². The molecule has 1 aliphatic rings. The number of thiazole rings is 2. The van der Waals surface area contributed by atoms with Crippen molar-refractivity contribution in [3.05, 3.63) is 10.8 Å². The predicted octanol–water partition coefficient (Wildman–Crippen LogP) is 2.93. The van der Waals surface area contributed by atoms with Crippen LogP contribution in [0.25, 0.3) is 11.4 Å². The van der Waals surface area contributed by atoms with Crippen molar-refractivity contribution in [3.8, 4) is 11.4 Å². The highest BCUT2D eigenvalue weighted by atomic mass is 32.1. The molecule has 0 aromatic carbocycles. The van der Waals surface area contributed by atoms with Gasteiger partial charge in [0.05, 0.1) is 6.61 Å². The second-order valence-electron chi connectivity index (χ2n) is 4.67. The molecular formula is C13H18N4OS2. The number of nitrogens with zero attached hydrogens (tertiary/aromatic N) is 3. The Hall–Kier alpha value is -1.18. The van der Waals surface area contributed by atoms with Gasteiger partial charge in [0, 0.05) is 37.5 Å². The van der Waals surface area contributed by atoms with Crippen LogP contribution in [-0.4, -0.2) is 43.3 Å². The highest BCUT2D eigenvalue weighted by Gasteiger charge is 2.17. The van der Waals surface area contributed by atoms with E-state index in [4.69, 9.17) is 9.72 Å². The molecule has 5 nitrogen and oxygen atoms in total.